The lowest BCUT2D eigenvalue weighted by molar-refractivity contribution is 0.0605. The molecule has 20 heavy (non-hydrogen) atoms. The van der Waals surface area contributed by atoms with E-state index in [9.17, 15) is 13.5 Å². The van der Waals surface area contributed by atoms with Gasteiger partial charge in [-0.1, -0.05) is 6.92 Å². The molecule has 1 aromatic rings. The Labute approximate surface area is 119 Å². The number of hydrogen-bond donors (Lipinski definition) is 2. The van der Waals surface area contributed by atoms with Crippen molar-refractivity contribution in [3.8, 4) is 0 Å². The molecule has 2 heterocycles. The summed E-state index contributed by atoms with van der Waals surface area (Å²) in [6, 6.07) is 3.20. The molecule has 0 saturated carbocycles. The molecule has 0 amide bonds. The van der Waals surface area contributed by atoms with Gasteiger partial charge in [0.15, 0.2) is 0 Å². The summed E-state index contributed by atoms with van der Waals surface area (Å²) in [6.45, 7) is 5.20. The molecule has 0 bridgehead atoms. The molecule has 2 unspecified atom stereocenters. The van der Waals surface area contributed by atoms with Gasteiger partial charge in [-0.15, -0.1) is 0 Å². The van der Waals surface area contributed by atoms with E-state index in [4.69, 9.17) is 0 Å². The molecule has 1 aliphatic heterocycles. The molecule has 0 radical (unpaired) electrons. The Morgan fingerprint density at radius 1 is 1.50 bits per heavy atom. The number of anilines is 1. The Morgan fingerprint density at radius 2 is 2.25 bits per heavy atom. The smallest absolute Gasteiger partial charge is 0.244 e. The number of aliphatic hydroxyl groups excluding tert-OH is 1. The monoisotopic (exact) mass is 299 g/mol. The maximum atomic E-state index is 12.5. The van der Waals surface area contributed by atoms with Crippen molar-refractivity contribution in [3.05, 3.63) is 18.3 Å². The molecule has 1 aromatic heterocycles. The van der Waals surface area contributed by atoms with E-state index in [1.54, 1.807) is 12.1 Å². The van der Waals surface area contributed by atoms with Gasteiger partial charge in [0.2, 0.25) is 10.0 Å². The molecule has 1 saturated heterocycles. The molecule has 2 rings (SSSR count). The molecular weight excluding hydrogens is 278 g/mol. The number of nitrogens with one attached hydrogen (secondary N) is 1. The molecule has 112 valence electrons. The van der Waals surface area contributed by atoms with Crippen molar-refractivity contribution in [1.82, 2.24) is 9.29 Å². The first kappa shape index (κ1) is 15.2. The minimum absolute atomic E-state index is 0.135. The second-order valence-corrected chi connectivity index (χ2v) is 7.04. The average Bonchev–Trinajstić information content (AvgIpc) is 2.43. The van der Waals surface area contributed by atoms with Crippen molar-refractivity contribution < 1.29 is 13.5 Å². The van der Waals surface area contributed by atoms with Crippen LogP contribution in [0, 0.1) is 5.92 Å². The van der Waals surface area contributed by atoms with Gasteiger partial charge in [0.05, 0.1) is 6.10 Å². The summed E-state index contributed by atoms with van der Waals surface area (Å²) in [6.07, 6.45) is 1.42. The lowest BCUT2D eigenvalue weighted by Gasteiger charge is -2.33. The lowest BCUT2D eigenvalue weighted by Crippen LogP contribution is -2.45. The van der Waals surface area contributed by atoms with Gasteiger partial charge in [-0.25, -0.2) is 13.4 Å². The third-order valence-electron chi connectivity index (χ3n) is 3.61. The zero-order valence-corrected chi connectivity index (χ0v) is 12.6. The highest BCUT2D eigenvalue weighted by molar-refractivity contribution is 7.89. The van der Waals surface area contributed by atoms with E-state index < -0.39 is 16.1 Å². The molecular formula is C13H21N3O3S. The van der Waals surface area contributed by atoms with Crippen LogP contribution in [0.5, 0.6) is 0 Å². The van der Waals surface area contributed by atoms with Gasteiger partial charge in [0.1, 0.15) is 10.7 Å². The second kappa shape index (κ2) is 6.07. The van der Waals surface area contributed by atoms with Gasteiger partial charge in [-0.2, -0.15) is 4.31 Å². The van der Waals surface area contributed by atoms with Crippen molar-refractivity contribution >= 4 is 15.8 Å². The maximum Gasteiger partial charge on any atom is 0.244 e. The fraction of sp³-hybridized carbons (Fsp3) is 0.615. The van der Waals surface area contributed by atoms with E-state index in [0.717, 1.165) is 6.54 Å². The lowest BCUT2D eigenvalue weighted by atomic mass is 9.98. The topological polar surface area (TPSA) is 82.5 Å². The molecule has 0 aliphatic carbocycles. The molecule has 2 N–H and O–H groups in total. The van der Waals surface area contributed by atoms with Gasteiger partial charge < -0.3 is 10.4 Å². The van der Waals surface area contributed by atoms with E-state index in [1.165, 1.54) is 10.5 Å². The van der Waals surface area contributed by atoms with Gasteiger partial charge in [0.25, 0.3) is 0 Å². The van der Waals surface area contributed by atoms with Crippen LogP contribution < -0.4 is 5.32 Å². The van der Waals surface area contributed by atoms with Crippen molar-refractivity contribution in [2.45, 2.75) is 31.3 Å². The number of sulfonamides is 1. The Balaban J connectivity index is 2.17. The van der Waals surface area contributed by atoms with Crippen molar-refractivity contribution in [1.29, 1.82) is 0 Å². The van der Waals surface area contributed by atoms with Gasteiger partial charge in [0, 0.05) is 25.8 Å². The second-order valence-electron chi connectivity index (χ2n) is 5.11. The van der Waals surface area contributed by atoms with Crippen molar-refractivity contribution in [2.24, 2.45) is 5.92 Å². The third kappa shape index (κ3) is 3.11. The van der Waals surface area contributed by atoms with E-state index in [2.05, 4.69) is 10.3 Å². The standard InChI is InChI=1S/C13H21N3O3S/c1-3-14-13-5-4-11(8-15-13)20(18,19)16-7-6-10(2)12(17)9-16/h4-5,8,10,12,17H,3,6-7,9H2,1-2H3,(H,14,15). The largest absolute Gasteiger partial charge is 0.391 e. The van der Waals surface area contributed by atoms with E-state index in [0.29, 0.717) is 18.8 Å². The van der Waals surface area contributed by atoms with Crippen molar-refractivity contribution in [3.63, 3.8) is 0 Å². The van der Waals surface area contributed by atoms with Crippen LogP contribution in [0.3, 0.4) is 0 Å². The summed E-state index contributed by atoms with van der Waals surface area (Å²) in [5, 5.41) is 12.9. The molecule has 1 fully saturated rings. The number of piperidine rings is 1. The SMILES string of the molecule is CCNc1ccc(S(=O)(=O)N2CCC(C)C(O)C2)cn1. The molecule has 1 aliphatic rings. The number of aromatic nitrogens is 1. The quantitative estimate of drug-likeness (QED) is 0.863. The summed E-state index contributed by atoms with van der Waals surface area (Å²) in [4.78, 5) is 4.25. The Bertz CT molecular complexity index is 544. The first-order valence-corrected chi connectivity index (χ1v) is 8.27. The predicted octanol–water partition coefficient (Wildman–Crippen LogP) is 0.905. The van der Waals surface area contributed by atoms with Crippen LogP contribution in [-0.2, 0) is 10.0 Å². The minimum atomic E-state index is -3.57. The number of aliphatic hydroxyl groups is 1. The summed E-state index contributed by atoms with van der Waals surface area (Å²) >= 11 is 0. The summed E-state index contributed by atoms with van der Waals surface area (Å²) in [5.74, 6) is 0.787. The van der Waals surface area contributed by atoms with Gasteiger partial charge >= 0.3 is 0 Å². The molecule has 0 spiro atoms. The fourth-order valence-electron chi connectivity index (χ4n) is 2.21. The Morgan fingerprint density at radius 3 is 2.80 bits per heavy atom. The minimum Gasteiger partial charge on any atom is -0.391 e. The third-order valence-corrected chi connectivity index (χ3v) is 5.46. The fourth-order valence-corrected chi connectivity index (χ4v) is 3.62. The summed E-state index contributed by atoms with van der Waals surface area (Å²) < 4.78 is 26.3. The molecule has 6 nitrogen and oxygen atoms in total. The summed E-state index contributed by atoms with van der Waals surface area (Å²) in [5.41, 5.74) is 0. The number of β-amino-alcohol motifs (C(OH)–C–C–N with tert-alkyl or cyclic N) is 1. The van der Waals surface area contributed by atoms with Crippen LogP contribution in [0.1, 0.15) is 20.3 Å². The average molecular weight is 299 g/mol. The zero-order chi connectivity index (χ0) is 14.8. The van der Waals surface area contributed by atoms with Gasteiger partial charge in [-0.3, -0.25) is 0 Å². The van der Waals surface area contributed by atoms with Crippen LogP contribution in [-0.4, -0.2) is 48.6 Å². The van der Waals surface area contributed by atoms with E-state index in [-0.39, 0.29) is 17.4 Å². The van der Waals surface area contributed by atoms with Crippen LogP contribution in [0.15, 0.2) is 23.2 Å². The van der Waals surface area contributed by atoms with Crippen LogP contribution >= 0.6 is 0 Å². The number of nitrogens with zero attached hydrogens (tertiary/aromatic N) is 2. The normalized spacial score (nSPS) is 24.6. The highest BCUT2D eigenvalue weighted by atomic mass is 32.2. The number of pyridine rings is 1. The van der Waals surface area contributed by atoms with E-state index >= 15 is 0 Å². The van der Waals surface area contributed by atoms with Crippen molar-refractivity contribution in [2.75, 3.05) is 25.0 Å². The molecule has 0 aromatic carbocycles. The Hall–Kier alpha value is -1.18. The first-order valence-electron chi connectivity index (χ1n) is 6.83. The van der Waals surface area contributed by atoms with Crippen LogP contribution in [0.4, 0.5) is 5.82 Å². The maximum absolute atomic E-state index is 12.5. The number of hydrogen-bond acceptors (Lipinski definition) is 5. The predicted molar refractivity (Wildman–Crippen MR) is 76.9 cm³/mol. The first-order chi connectivity index (χ1) is 9.45. The van der Waals surface area contributed by atoms with E-state index in [1.807, 2.05) is 13.8 Å². The highest BCUT2D eigenvalue weighted by Gasteiger charge is 2.32. The molecule has 2 atom stereocenters. The summed E-state index contributed by atoms with van der Waals surface area (Å²) in [7, 11) is -3.57. The molecule has 7 heteroatoms. The highest BCUT2D eigenvalue weighted by Crippen LogP contribution is 2.23. The van der Waals surface area contributed by atoms with Crippen LogP contribution in [0.25, 0.3) is 0 Å². The zero-order valence-electron chi connectivity index (χ0n) is 11.8. The van der Waals surface area contributed by atoms with Gasteiger partial charge in [-0.05, 0) is 31.4 Å². The van der Waals surface area contributed by atoms with Crippen LogP contribution in [0.2, 0.25) is 0 Å². The number of rotatable bonds is 4. The Kier molecular flexibility index (Phi) is 4.62.